The van der Waals surface area contributed by atoms with Crippen LogP contribution in [0.4, 0.5) is 0 Å². The number of esters is 1. The van der Waals surface area contributed by atoms with Crippen molar-refractivity contribution in [2.45, 2.75) is 20.0 Å². The molecule has 1 radical (unpaired) electrons. The van der Waals surface area contributed by atoms with Crippen LogP contribution in [0.2, 0.25) is 0 Å². The van der Waals surface area contributed by atoms with Crippen molar-refractivity contribution in [1.82, 2.24) is 0 Å². The molecule has 0 spiro atoms. The summed E-state index contributed by atoms with van der Waals surface area (Å²) >= 11 is 0. The van der Waals surface area contributed by atoms with Gasteiger partial charge in [-0.15, -0.1) is 0 Å². The van der Waals surface area contributed by atoms with Gasteiger partial charge >= 0.3 is 11.9 Å². The lowest BCUT2D eigenvalue weighted by molar-refractivity contribution is -0.159. The Labute approximate surface area is 63.6 Å². The molecule has 0 amide bonds. The first-order valence-electron chi connectivity index (χ1n) is 2.91. The zero-order valence-corrected chi connectivity index (χ0v) is 6.20. The van der Waals surface area contributed by atoms with Gasteiger partial charge in [0, 0.05) is 0 Å². The summed E-state index contributed by atoms with van der Waals surface area (Å²) in [6.07, 6.45) is -1.75. The molecule has 0 aliphatic heterocycles. The molecule has 0 aliphatic carbocycles. The standard InChI is InChI=1S/C6H9O5/c1-3(7)6(10)11-4(2)5(8)9/h3,7H,1-2H3,(H,8,9). The average molecular weight is 161 g/mol. The lowest BCUT2D eigenvalue weighted by atomic mass is 10.4. The van der Waals surface area contributed by atoms with Crippen molar-refractivity contribution >= 4 is 11.9 Å². The molecule has 0 heterocycles. The Morgan fingerprint density at radius 1 is 1.45 bits per heavy atom. The zero-order valence-electron chi connectivity index (χ0n) is 6.20. The van der Waals surface area contributed by atoms with E-state index in [2.05, 4.69) is 4.74 Å². The number of carbonyl (C=O) groups excluding carboxylic acids is 1. The highest BCUT2D eigenvalue weighted by molar-refractivity contribution is 5.85. The SMILES string of the molecule is C[C](OC(=O)C(C)O)C(=O)O. The zero-order chi connectivity index (χ0) is 9.02. The third kappa shape index (κ3) is 3.57. The van der Waals surface area contributed by atoms with E-state index in [0.29, 0.717) is 0 Å². The van der Waals surface area contributed by atoms with Gasteiger partial charge in [0.2, 0.25) is 0 Å². The normalized spacial score (nSPS) is 12.7. The molecular weight excluding hydrogens is 152 g/mol. The quantitative estimate of drug-likeness (QED) is 0.547. The highest BCUT2D eigenvalue weighted by Gasteiger charge is 2.20. The van der Waals surface area contributed by atoms with E-state index in [1.807, 2.05) is 0 Å². The molecule has 0 saturated heterocycles. The van der Waals surface area contributed by atoms with E-state index in [0.717, 1.165) is 6.92 Å². The molecule has 5 nitrogen and oxygen atoms in total. The third-order valence-electron chi connectivity index (χ3n) is 0.896. The van der Waals surface area contributed by atoms with Crippen molar-refractivity contribution in [3.8, 4) is 0 Å². The summed E-state index contributed by atoms with van der Waals surface area (Å²) in [5.74, 6) is -2.29. The molecule has 1 atom stereocenters. The molecule has 0 aromatic heterocycles. The van der Waals surface area contributed by atoms with E-state index in [-0.39, 0.29) is 0 Å². The number of carbonyl (C=O) groups is 2. The summed E-state index contributed by atoms with van der Waals surface area (Å²) < 4.78 is 4.20. The Morgan fingerprint density at radius 2 is 1.91 bits per heavy atom. The molecule has 0 aliphatic rings. The van der Waals surface area contributed by atoms with Crippen LogP contribution in [0.1, 0.15) is 13.8 Å². The monoisotopic (exact) mass is 161 g/mol. The number of hydrogen-bond acceptors (Lipinski definition) is 4. The number of aliphatic hydroxyl groups is 1. The minimum atomic E-state index is -1.32. The molecule has 0 bridgehead atoms. The van der Waals surface area contributed by atoms with Crippen molar-refractivity contribution in [3.05, 3.63) is 6.10 Å². The van der Waals surface area contributed by atoms with Crippen LogP contribution in [0.25, 0.3) is 0 Å². The van der Waals surface area contributed by atoms with Crippen molar-refractivity contribution < 1.29 is 24.5 Å². The highest BCUT2D eigenvalue weighted by Crippen LogP contribution is 2.02. The first kappa shape index (κ1) is 9.90. The number of ether oxygens (including phenoxy) is 1. The van der Waals surface area contributed by atoms with Crippen molar-refractivity contribution in [2.24, 2.45) is 0 Å². The summed E-state index contributed by atoms with van der Waals surface area (Å²) in [7, 11) is 0. The van der Waals surface area contributed by atoms with Crippen LogP contribution in [0, 0.1) is 6.10 Å². The van der Waals surface area contributed by atoms with Crippen LogP contribution >= 0.6 is 0 Å². The Kier molecular flexibility index (Phi) is 3.53. The second-order valence-corrected chi connectivity index (χ2v) is 1.96. The molecule has 5 heteroatoms. The lowest BCUT2D eigenvalue weighted by Gasteiger charge is -2.07. The van der Waals surface area contributed by atoms with Gasteiger partial charge in [-0.3, -0.25) is 0 Å². The maximum atomic E-state index is 10.5. The van der Waals surface area contributed by atoms with E-state index in [1.54, 1.807) is 0 Å². The molecule has 63 valence electrons. The predicted octanol–water partition coefficient (Wildman–Crippen LogP) is -0.453. The second kappa shape index (κ2) is 3.92. The number of aliphatic hydroxyl groups excluding tert-OH is 1. The van der Waals surface area contributed by atoms with Crippen molar-refractivity contribution in [3.63, 3.8) is 0 Å². The van der Waals surface area contributed by atoms with Gasteiger partial charge in [0.25, 0.3) is 6.10 Å². The number of carboxylic acid groups (broad SMARTS) is 1. The molecular formula is C6H9O5. The molecule has 1 unspecified atom stereocenters. The molecule has 0 rings (SSSR count). The van der Waals surface area contributed by atoms with Crippen LogP contribution in [0.5, 0.6) is 0 Å². The number of hydrogen-bond donors (Lipinski definition) is 2. The van der Waals surface area contributed by atoms with E-state index < -0.39 is 24.1 Å². The topological polar surface area (TPSA) is 83.8 Å². The Balaban J connectivity index is 3.85. The highest BCUT2D eigenvalue weighted by atomic mass is 16.6. The lowest BCUT2D eigenvalue weighted by Crippen LogP contribution is -2.24. The molecule has 0 fully saturated rings. The van der Waals surface area contributed by atoms with Gasteiger partial charge in [-0.25, -0.2) is 9.59 Å². The fourth-order valence-electron chi connectivity index (χ4n) is 0.280. The van der Waals surface area contributed by atoms with Crippen LogP contribution < -0.4 is 0 Å². The number of carboxylic acids is 1. The smallest absolute Gasteiger partial charge is 0.352 e. The van der Waals surface area contributed by atoms with Crippen LogP contribution in [-0.2, 0) is 14.3 Å². The van der Waals surface area contributed by atoms with Gasteiger partial charge in [-0.2, -0.15) is 0 Å². The molecule has 0 aromatic rings. The largest absolute Gasteiger partial charge is 0.478 e. The van der Waals surface area contributed by atoms with E-state index in [1.165, 1.54) is 6.92 Å². The summed E-state index contributed by atoms with van der Waals surface area (Å²) in [5, 5.41) is 16.8. The van der Waals surface area contributed by atoms with Gasteiger partial charge in [0.15, 0.2) is 0 Å². The molecule has 0 aromatic carbocycles. The van der Waals surface area contributed by atoms with Gasteiger partial charge in [-0.1, -0.05) is 0 Å². The Bertz CT molecular complexity index is 162. The van der Waals surface area contributed by atoms with Crippen LogP contribution in [-0.4, -0.2) is 28.3 Å². The van der Waals surface area contributed by atoms with E-state index >= 15 is 0 Å². The summed E-state index contributed by atoms with van der Waals surface area (Å²) in [6.45, 7) is 2.32. The van der Waals surface area contributed by atoms with Crippen molar-refractivity contribution in [2.75, 3.05) is 0 Å². The van der Waals surface area contributed by atoms with Crippen LogP contribution in [0.3, 0.4) is 0 Å². The third-order valence-corrected chi connectivity index (χ3v) is 0.896. The maximum Gasteiger partial charge on any atom is 0.352 e. The van der Waals surface area contributed by atoms with Gasteiger partial charge < -0.3 is 14.9 Å². The fourth-order valence-corrected chi connectivity index (χ4v) is 0.280. The molecule has 0 saturated carbocycles. The second-order valence-electron chi connectivity index (χ2n) is 1.96. The Morgan fingerprint density at radius 3 is 2.18 bits per heavy atom. The van der Waals surface area contributed by atoms with E-state index in [9.17, 15) is 9.59 Å². The number of rotatable bonds is 3. The summed E-state index contributed by atoms with van der Waals surface area (Å²) in [4.78, 5) is 20.6. The minimum absolute atomic E-state index is 0.448. The molecule has 11 heavy (non-hydrogen) atoms. The Hall–Kier alpha value is -1.10. The summed E-state index contributed by atoms with van der Waals surface area (Å²) in [5.41, 5.74) is 0. The first-order valence-corrected chi connectivity index (χ1v) is 2.91. The molecule has 2 N–H and O–H groups in total. The van der Waals surface area contributed by atoms with Crippen molar-refractivity contribution in [1.29, 1.82) is 0 Å². The van der Waals surface area contributed by atoms with Gasteiger partial charge in [-0.05, 0) is 13.8 Å². The van der Waals surface area contributed by atoms with Crippen LogP contribution in [0.15, 0.2) is 0 Å². The summed E-state index contributed by atoms with van der Waals surface area (Å²) in [6, 6.07) is 0. The first-order chi connectivity index (χ1) is 4.95. The minimum Gasteiger partial charge on any atom is -0.478 e. The van der Waals surface area contributed by atoms with Gasteiger partial charge in [0.1, 0.15) is 6.10 Å². The van der Waals surface area contributed by atoms with Gasteiger partial charge in [0.05, 0.1) is 0 Å². The predicted molar refractivity (Wildman–Crippen MR) is 34.3 cm³/mol. The van der Waals surface area contributed by atoms with E-state index in [4.69, 9.17) is 10.2 Å². The maximum absolute atomic E-state index is 10.5. The average Bonchev–Trinajstić information content (AvgIpc) is 1.87. The number of aliphatic carboxylic acids is 1. The fraction of sp³-hybridized carbons (Fsp3) is 0.500.